The second-order valence-electron chi connectivity index (χ2n) is 7.22. The van der Waals surface area contributed by atoms with Crippen LogP contribution in [0.2, 0.25) is 0 Å². The van der Waals surface area contributed by atoms with Crippen molar-refractivity contribution in [2.75, 3.05) is 13.2 Å². The van der Waals surface area contributed by atoms with Gasteiger partial charge in [-0.05, 0) is 12.5 Å². The highest BCUT2D eigenvalue weighted by Crippen LogP contribution is 2.27. The quantitative estimate of drug-likeness (QED) is 0.569. The molecule has 1 rings (SSSR count). The van der Waals surface area contributed by atoms with Crippen LogP contribution in [0.3, 0.4) is 0 Å². The zero-order valence-electron chi connectivity index (χ0n) is 15.2. The topological polar surface area (TPSA) is 59.6 Å². The zero-order valence-corrected chi connectivity index (χ0v) is 15.2. The van der Waals surface area contributed by atoms with Gasteiger partial charge in [-0.15, -0.1) is 5.48 Å². The molecular weight excluding hydrogens is 292 g/mol. The highest BCUT2D eigenvalue weighted by atomic mass is 16.7. The van der Waals surface area contributed by atoms with E-state index in [-0.39, 0.29) is 24.1 Å². The van der Waals surface area contributed by atoms with Gasteiger partial charge in [-0.25, -0.2) is 0 Å². The first-order valence-corrected chi connectivity index (χ1v) is 8.95. The molecule has 0 spiro atoms. The molecule has 0 aromatic rings. The maximum absolute atomic E-state index is 11.8. The van der Waals surface area contributed by atoms with Crippen LogP contribution in [0.15, 0.2) is 11.8 Å². The zero-order chi connectivity index (χ0) is 17.1. The summed E-state index contributed by atoms with van der Waals surface area (Å²) in [5, 5.41) is 2.83. The molecule has 1 heterocycles. The van der Waals surface area contributed by atoms with Crippen molar-refractivity contribution in [2.24, 2.45) is 5.41 Å². The first-order valence-electron chi connectivity index (χ1n) is 8.95. The smallest absolute Gasteiger partial charge is 0.247 e. The molecule has 0 aromatic carbocycles. The average Bonchev–Trinajstić information content (AvgIpc) is 2.94. The summed E-state index contributed by atoms with van der Waals surface area (Å²) in [5.74, 6) is 0.715. The molecule has 0 fully saturated rings. The maximum Gasteiger partial charge on any atom is 0.247 e. The van der Waals surface area contributed by atoms with Gasteiger partial charge < -0.3 is 14.9 Å². The number of rotatable bonds is 11. The molecular formula is C18H34N2O3. The molecule has 134 valence electrons. The van der Waals surface area contributed by atoms with E-state index in [0.717, 1.165) is 12.2 Å². The predicted octanol–water partition coefficient (Wildman–Crippen LogP) is 3.66. The Bertz CT molecular complexity index is 375. The summed E-state index contributed by atoms with van der Waals surface area (Å²) in [5.41, 5.74) is 2.73. The van der Waals surface area contributed by atoms with Crippen molar-refractivity contribution < 1.29 is 14.4 Å². The molecule has 1 aliphatic rings. The molecule has 0 saturated heterocycles. The van der Waals surface area contributed by atoms with E-state index in [9.17, 15) is 4.79 Å². The maximum atomic E-state index is 11.8. The third-order valence-electron chi connectivity index (χ3n) is 3.79. The van der Waals surface area contributed by atoms with Crippen LogP contribution in [0.1, 0.15) is 72.6 Å². The van der Waals surface area contributed by atoms with Crippen LogP contribution in [0.5, 0.6) is 0 Å². The summed E-state index contributed by atoms with van der Waals surface area (Å²) < 4.78 is 5.43. The summed E-state index contributed by atoms with van der Waals surface area (Å²) in [6, 6.07) is 0. The molecule has 1 aliphatic heterocycles. The van der Waals surface area contributed by atoms with Crippen molar-refractivity contribution in [3.8, 4) is 0 Å². The van der Waals surface area contributed by atoms with E-state index in [4.69, 9.17) is 9.57 Å². The van der Waals surface area contributed by atoms with Gasteiger partial charge in [0.25, 0.3) is 0 Å². The molecule has 23 heavy (non-hydrogen) atoms. The lowest BCUT2D eigenvalue weighted by Gasteiger charge is -2.17. The highest BCUT2D eigenvalue weighted by molar-refractivity contribution is 5.77. The van der Waals surface area contributed by atoms with Crippen molar-refractivity contribution in [1.82, 2.24) is 10.8 Å². The van der Waals surface area contributed by atoms with E-state index in [1.54, 1.807) is 0 Å². The predicted molar refractivity (Wildman–Crippen MR) is 92.5 cm³/mol. The number of allylic oxidation sites excluding steroid dienone is 1. The second kappa shape index (κ2) is 10.7. The average molecular weight is 326 g/mol. The fraction of sp³-hybridized carbons (Fsp3) is 0.833. The summed E-state index contributed by atoms with van der Waals surface area (Å²) >= 11 is 0. The summed E-state index contributed by atoms with van der Waals surface area (Å²) in [4.78, 5) is 17.2. The number of carbonyl (C=O) groups is 1. The molecule has 1 atom stereocenters. The monoisotopic (exact) mass is 326 g/mol. The summed E-state index contributed by atoms with van der Waals surface area (Å²) in [6.07, 6.45) is 10.3. The van der Waals surface area contributed by atoms with Crippen molar-refractivity contribution >= 4 is 5.91 Å². The van der Waals surface area contributed by atoms with E-state index in [2.05, 4.69) is 38.5 Å². The van der Waals surface area contributed by atoms with E-state index in [1.165, 1.54) is 38.5 Å². The Balaban J connectivity index is 2.02. The molecule has 0 aliphatic carbocycles. The molecule has 0 radical (unpaired) electrons. The largest absolute Gasteiger partial charge is 0.410 e. The van der Waals surface area contributed by atoms with Gasteiger partial charge >= 0.3 is 0 Å². The molecule has 0 aromatic heterocycles. The van der Waals surface area contributed by atoms with E-state index >= 15 is 0 Å². The van der Waals surface area contributed by atoms with Crippen LogP contribution in [-0.4, -0.2) is 25.3 Å². The Morgan fingerprint density at radius 1 is 1.22 bits per heavy atom. The van der Waals surface area contributed by atoms with Gasteiger partial charge in [0.15, 0.2) is 0 Å². The number of ether oxygens (including phenoxy) is 1. The first kappa shape index (κ1) is 20.0. The number of hydroxylamine groups is 1. The Morgan fingerprint density at radius 2 is 1.87 bits per heavy atom. The lowest BCUT2D eigenvalue weighted by Crippen LogP contribution is -2.42. The number of amides is 1. The van der Waals surface area contributed by atoms with E-state index in [0.29, 0.717) is 6.61 Å². The summed E-state index contributed by atoms with van der Waals surface area (Å²) in [6.45, 7) is 9.18. The SMILES string of the molecule is CCCCCCCCCOCC(=O)NC1C=C(C(C)(C)C)ON1. The third-order valence-corrected chi connectivity index (χ3v) is 3.79. The van der Waals surface area contributed by atoms with Gasteiger partial charge in [0.05, 0.1) is 0 Å². The Hall–Kier alpha value is -1.07. The van der Waals surface area contributed by atoms with E-state index < -0.39 is 0 Å². The Morgan fingerprint density at radius 3 is 2.48 bits per heavy atom. The fourth-order valence-electron chi connectivity index (χ4n) is 2.36. The molecule has 0 bridgehead atoms. The van der Waals surface area contributed by atoms with Crippen molar-refractivity contribution in [2.45, 2.75) is 78.8 Å². The minimum atomic E-state index is -0.279. The number of unbranched alkanes of at least 4 members (excludes halogenated alkanes) is 6. The van der Waals surface area contributed by atoms with Gasteiger partial charge in [0.1, 0.15) is 18.5 Å². The fourth-order valence-corrected chi connectivity index (χ4v) is 2.36. The van der Waals surface area contributed by atoms with Gasteiger partial charge in [-0.3, -0.25) is 4.79 Å². The van der Waals surface area contributed by atoms with Crippen LogP contribution in [0.4, 0.5) is 0 Å². The third kappa shape index (κ3) is 8.96. The van der Waals surface area contributed by atoms with Crippen LogP contribution in [0, 0.1) is 5.41 Å². The molecule has 5 nitrogen and oxygen atoms in total. The molecule has 0 saturated carbocycles. The van der Waals surface area contributed by atoms with Gasteiger partial charge in [-0.2, -0.15) is 0 Å². The minimum absolute atomic E-state index is 0.0693. The minimum Gasteiger partial charge on any atom is -0.410 e. The van der Waals surface area contributed by atoms with Crippen LogP contribution >= 0.6 is 0 Å². The van der Waals surface area contributed by atoms with Crippen LogP contribution in [0.25, 0.3) is 0 Å². The molecule has 1 amide bonds. The van der Waals surface area contributed by atoms with Crippen molar-refractivity contribution in [1.29, 1.82) is 0 Å². The number of nitrogens with one attached hydrogen (secondary N) is 2. The molecule has 2 N–H and O–H groups in total. The summed E-state index contributed by atoms with van der Waals surface area (Å²) in [7, 11) is 0. The second-order valence-corrected chi connectivity index (χ2v) is 7.22. The molecule has 5 heteroatoms. The molecule has 1 unspecified atom stereocenters. The lowest BCUT2D eigenvalue weighted by atomic mass is 9.94. The van der Waals surface area contributed by atoms with Crippen LogP contribution in [-0.2, 0) is 14.4 Å². The standard InChI is InChI=1S/C18H34N2O3/c1-5-6-7-8-9-10-11-12-22-14-17(21)19-16-13-15(23-20-16)18(2,3)4/h13,16,20H,5-12,14H2,1-4H3,(H,19,21). The van der Waals surface area contributed by atoms with Crippen molar-refractivity contribution in [3.63, 3.8) is 0 Å². The van der Waals surface area contributed by atoms with Crippen LogP contribution < -0.4 is 10.8 Å². The first-order chi connectivity index (χ1) is 10.9. The Kier molecular flexibility index (Phi) is 9.26. The van der Waals surface area contributed by atoms with Gasteiger partial charge in [0, 0.05) is 12.0 Å². The highest BCUT2D eigenvalue weighted by Gasteiger charge is 2.27. The number of hydrogen-bond donors (Lipinski definition) is 2. The van der Waals surface area contributed by atoms with Gasteiger partial charge in [-0.1, -0.05) is 66.2 Å². The number of carbonyl (C=O) groups excluding carboxylic acids is 1. The van der Waals surface area contributed by atoms with Gasteiger partial charge in [0.2, 0.25) is 5.91 Å². The van der Waals surface area contributed by atoms with Crippen molar-refractivity contribution in [3.05, 3.63) is 11.8 Å². The Labute approximate surface area is 141 Å². The number of hydrogen-bond acceptors (Lipinski definition) is 4. The normalized spacial score (nSPS) is 17.7. The van der Waals surface area contributed by atoms with E-state index in [1.807, 2.05) is 6.08 Å². The lowest BCUT2D eigenvalue weighted by molar-refractivity contribution is -0.126.